The first kappa shape index (κ1) is 27.7. The second-order valence-electron chi connectivity index (χ2n) is 12.2. The number of nitrogens with one attached hydrogen (secondary N) is 1. The summed E-state index contributed by atoms with van der Waals surface area (Å²) >= 11 is 0. The molecular formula is C31H43N9O. The molecule has 0 unspecified atom stereocenters. The van der Waals surface area contributed by atoms with Crippen molar-refractivity contribution >= 4 is 23.4 Å². The van der Waals surface area contributed by atoms with Crippen LogP contribution < -0.4 is 16.0 Å². The van der Waals surface area contributed by atoms with Gasteiger partial charge in [-0.15, -0.1) is 0 Å². The zero-order valence-corrected chi connectivity index (χ0v) is 24.3. The predicted octanol–water partition coefficient (Wildman–Crippen LogP) is 3.81. The molecule has 1 aromatic heterocycles. The van der Waals surface area contributed by atoms with Crippen LogP contribution in [-0.2, 0) is 12.0 Å². The lowest BCUT2D eigenvalue weighted by Gasteiger charge is -2.40. The first-order valence-corrected chi connectivity index (χ1v) is 15.4. The average molecular weight is 558 g/mol. The number of aromatic nitrogens is 2. The second kappa shape index (κ2) is 11.8. The van der Waals surface area contributed by atoms with E-state index in [2.05, 4.69) is 38.3 Å². The maximum atomic E-state index is 12.6. The van der Waals surface area contributed by atoms with Crippen molar-refractivity contribution < 1.29 is 4.79 Å². The topological polar surface area (TPSA) is 118 Å². The molecule has 0 bridgehead atoms. The third kappa shape index (κ3) is 5.57. The molecule has 10 nitrogen and oxygen atoms in total. The molecule has 1 saturated carbocycles. The molecule has 10 heteroatoms. The van der Waals surface area contributed by atoms with E-state index in [1.54, 1.807) is 11.1 Å². The standard InChI is InChI=1S/C31H43N9O/c1-37-17-18-40(30(37)41)26-7-4-14-39(21-26)28-20-34-27(19-32)29(36-28)35-24-10-8-23(9-11-24)31(22-33)12-15-38(16-13-31)25-5-2-3-6-25/h8-11,20,25-26H,2-7,12-19,21,32H2,1H3,(H,35,36)/t26-/m1/s1. The quantitative estimate of drug-likeness (QED) is 0.528. The first-order valence-electron chi connectivity index (χ1n) is 15.4. The van der Waals surface area contributed by atoms with Gasteiger partial charge >= 0.3 is 6.03 Å². The molecule has 1 aromatic carbocycles. The Morgan fingerprint density at radius 3 is 2.41 bits per heavy atom. The van der Waals surface area contributed by atoms with Crippen LogP contribution in [0.4, 0.5) is 22.1 Å². The van der Waals surface area contributed by atoms with E-state index in [0.29, 0.717) is 17.6 Å². The van der Waals surface area contributed by atoms with Gasteiger partial charge in [-0.25, -0.2) is 9.78 Å². The summed E-state index contributed by atoms with van der Waals surface area (Å²) in [4.78, 5) is 30.8. The number of nitriles is 1. The van der Waals surface area contributed by atoms with Crippen LogP contribution in [0.3, 0.4) is 0 Å². The lowest BCUT2D eigenvalue weighted by molar-refractivity contribution is 0.135. The number of anilines is 3. The summed E-state index contributed by atoms with van der Waals surface area (Å²) in [5.41, 5.74) is 8.31. The highest BCUT2D eigenvalue weighted by Gasteiger charge is 2.39. The van der Waals surface area contributed by atoms with E-state index in [9.17, 15) is 10.1 Å². The van der Waals surface area contributed by atoms with E-state index < -0.39 is 5.41 Å². The fourth-order valence-electron chi connectivity index (χ4n) is 7.25. The normalized spacial score (nSPS) is 23.7. The second-order valence-corrected chi connectivity index (χ2v) is 12.2. The third-order valence-electron chi connectivity index (χ3n) is 9.85. The number of nitrogens with two attached hydrogens (primary N) is 1. The first-order chi connectivity index (χ1) is 20.0. The van der Waals surface area contributed by atoms with Crippen LogP contribution in [0.2, 0.25) is 0 Å². The molecule has 2 aromatic rings. The molecule has 4 aliphatic rings. The molecule has 1 atom stereocenters. The van der Waals surface area contributed by atoms with Gasteiger partial charge in [0, 0.05) is 64.6 Å². The number of nitrogens with zero attached hydrogens (tertiary/aromatic N) is 7. The zero-order valence-electron chi connectivity index (χ0n) is 24.3. The van der Waals surface area contributed by atoms with E-state index >= 15 is 0 Å². The molecule has 0 spiro atoms. The fraction of sp³-hybridized carbons (Fsp3) is 0.613. The van der Waals surface area contributed by atoms with Crippen molar-refractivity contribution in [1.29, 1.82) is 5.26 Å². The monoisotopic (exact) mass is 557 g/mol. The minimum atomic E-state index is -0.424. The van der Waals surface area contributed by atoms with Crippen molar-refractivity contribution in [3.8, 4) is 6.07 Å². The Labute approximate surface area is 243 Å². The number of piperidine rings is 2. The summed E-state index contributed by atoms with van der Waals surface area (Å²) in [7, 11) is 1.87. The number of likely N-dealkylation sites (N-methyl/N-ethyl adjacent to an activating group) is 1. The number of benzene rings is 1. The van der Waals surface area contributed by atoms with E-state index in [1.807, 2.05) is 24.1 Å². The molecule has 4 heterocycles. The van der Waals surface area contributed by atoms with Crippen LogP contribution in [0.15, 0.2) is 30.5 Å². The molecule has 4 fully saturated rings. The van der Waals surface area contributed by atoms with E-state index in [4.69, 9.17) is 10.7 Å². The fourth-order valence-corrected chi connectivity index (χ4v) is 7.25. The SMILES string of the molecule is CN1CCN([C@@H]2CCCN(c3cnc(CN)c(Nc4ccc(C5(C#N)CCN(C6CCCC6)CC5)cc4)n3)C2)C1=O. The molecule has 3 saturated heterocycles. The molecule has 3 N–H and O–H groups in total. The highest BCUT2D eigenvalue weighted by molar-refractivity contribution is 5.76. The number of rotatable bonds is 7. The van der Waals surface area contributed by atoms with E-state index in [1.165, 1.54) is 25.7 Å². The van der Waals surface area contributed by atoms with Crippen molar-refractivity contribution in [2.75, 3.05) is 56.5 Å². The van der Waals surface area contributed by atoms with Crippen LogP contribution in [0.25, 0.3) is 0 Å². The number of carbonyl (C=O) groups excluding carboxylic acids is 1. The molecular weight excluding hydrogens is 514 g/mol. The van der Waals surface area contributed by atoms with Gasteiger partial charge in [0.1, 0.15) is 5.82 Å². The number of carbonyl (C=O) groups is 1. The van der Waals surface area contributed by atoms with Gasteiger partial charge in [0.25, 0.3) is 0 Å². The Morgan fingerprint density at radius 1 is 1.02 bits per heavy atom. The van der Waals surface area contributed by atoms with Gasteiger partial charge in [0.05, 0.1) is 29.4 Å². The Morgan fingerprint density at radius 2 is 1.76 bits per heavy atom. The molecule has 41 heavy (non-hydrogen) atoms. The van der Waals surface area contributed by atoms with Gasteiger partial charge in [0.15, 0.2) is 5.82 Å². The number of urea groups is 1. The lowest BCUT2D eigenvalue weighted by Crippen LogP contribution is -2.49. The largest absolute Gasteiger partial charge is 0.353 e. The minimum Gasteiger partial charge on any atom is -0.353 e. The van der Waals surface area contributed by atoms with Gasteiger partial charge in [-0.05, 0) is 56.2 Å². The van der Waals surface area contributed by atoms with Crippen molar-refractivity contribution in [1.82, 2.24) is 24.7 Å². The molecule has 1 aliphatic carbocycles. The highest BCUT2D eigenvalue weighted by Crippen LogP contribution is 2.38. The van der Waals surface area contributed by atoms with Gasteiger partial charge in [-0.3, -0.25) is 4.98 Å². The molecule has 3 aliphatic heterocycles. The third-order valence-corrected chi connectivity index (χ3v) is 9.85. The van der Waals surface area contributed by atoms with Crippen LogP contribution >= 0.6 is 0 Å². The average Bonchev–Trinajstić information content (AvgIpc) is 3.68. The van der Waals surface area contributed by atoms with E-state index in [0.717, 1.165) is 82.0 Å². The van der Waals surface area contributed by atoms with Crippen LogP contribution in [0.5, 0.6) is 0 Å². The number of likely N-dealkylation sites (tertiary alicyclic amines) is 1. The molecule has 2 amide bonds. The molecule has 0 radical (unpaired) electrons. The predicted molar refractivity (Wildman–Crippen MR) is 160 cm³/mol. The summed E-state index contributed by atoms with van der Waals surface area (Å²) < 4.78 is 0. The van der Waals surface area contributed by atoms with E-state index in [-0.39, 0.29) is 18.6 Å². The van der Waals surface area contributed by atoms with Crippen molar-refractivity contribution in [3.05, 3.63) is 41.7 Å². The minimum absolute atomic E-state index is 0.116. The molecule has 218 valence electrons. The zero-order chi connectivity index (χ0) is 28.4. The lowest BCUT2D eigenvalue weighted by atomic mass is 9.73. The number of hydrogen-bond donors (Lipinski definition) is 2. The Kier molecular flexibility index (Phi) is 8.00. The van der Waals surface area contributed by atoms with Crippen molar-refractivity contribution in [3.63, 3.8) is 0 Å². The number of hydrogen-bond acceptors (Lipinski definition) is 8. The molecule has 6 rings (SSSR count). The van der Waals surface area contributed by atoms with Gasteiger partial charge in [-0.2, -0.15) is 5.26 Å². The maximum Gasteiger partial charge on any atom is 0.320 e. The summed E-state index contributed by atoms with van der Waals surface area (Å²) in [5.74, 6) is 1.44. The van der Waals surface area contributed by atoms with Gasteiger partial charge in [-0.1, -0.05) is 25.0 Å². The maximum absolute atomic E-state index is 12.6. The van der Waals surface area contributed by atoms with Crippen molar-refractivity contribution in [2.24, 2.45) is 5.73 Å². The highest BCUT2D eigenvalue weighted by atomic mass is 16.2. The Bertz CT molecular complexity index is 1260. The van der Waals surface area contributed by atoms with Gasteiger partial charge < -0.3 is 30.7 Å². The Balaban J connectivity index is 1.14. The summed E-state index contributed by atoms with van der Waals surface area (Å²) in [6, 6.07) is 12.0. The van der Waals surface area contributed by atoms with Crippen LogP contribution in [-0.4, -0.2) is 89.1 Å². The number of amides is 2. The summed E-state index contributed by atoms with van der Waals surface area (Å²) in [6.07, 6.45) is 10.9. The van der Waals surface area contributed by atoms with Crippen molar-refractivity contribution in [2.45, 2.75) is 75.4 Å². The van der Waals surface area contributed by atoms with Gasteiger partial charge in [0.2, 0.25) is 0 Å². The summed E-state index contributed by atoms with van der Waals surface area (Å²) in [6.45, 7) is 5.47. The smallest absolute Gasteiger partial charge is 0.320 e. The summed E-state index contributed by atoms with van der Waals surface area (Å²) in [5, 5.41) is 13.7. The van der Waals surface area contributed by atoms with Crippen LogP contribution in [0, 0.1) is 11.3 Å². The van der Waals surface area contributed by atoms with Crippen LogP contribution in [0.1, 0.15) is 62.6 Å². The Hall–Kier alpha value is -3.42.